The summed E-state index contributed by atoms with van der Waals surface area (Å²) < 4.78 is 0. The van der Waals surface area contributed by atoms with Crippen LogP contribution in [-0.2, 0) is 0 Å². The predicted octanol–water partition coefficient (Wildman–Crippen LogP) is 4.89. The topological polar surface area (TPSA) is 0 Å². The van der Waals surface area contributed by atoms with Crippen molar-refractivity contribution in [2.24, 2.45) is 0 Å². The molecule has 22 heavy (non-hydrogen) atoms. The molecule has 0 amide bonds. The molecule has 0 bridgehead atoms. The summed E-state index contributed by atoms with van der Waals surface area (Å²) in [4.78, 5) is 0. The third-order valence-corrected chi connectivity index (χ3v) is 6.84. The standard InChI is InChI=1S/C21H17P/c1-3-10-18(11-4-1)22(19-12-5-2-6-13-19)21-16-15-17-9-7-8-14-20(17)21/h1-16,21H/t21-/m1/s1. The van der Waals surface area contributed by atoms with Crippen molar-refractivity contribution in [3.63, 3.8) is 0 Å². The summed E-state index contributed by atoms with van der Waals surface area (Å²) in [5, 5.41) is 2.88. The van der Waals surface area contributed by atoms with E-state index in [-0.39, 0.29) is 0 Å². The third-order valence-electron chi connectivity index (χ3n) is 4.12. The first-order valence-electron chi connectivity index (χ1n) is 7.60. The highest BCUT2D eigenvalue weighted by atomic mass is 31.1. The zero-order valence-corrected chi connectivity index (χ0v) is 13.2. The van der Waals surface area contributed by atoms with Gasteiger partial charge in [0.2, 0.25) is 0 Å². The molecule has 0 spiro atoms. The molecule has 0 heterocycles. The zero-order valence-electron chi connectivity index (χ0n) is 12.3. The number of benzene rings is 3. The average molecular weight is 300 g/mol. The fourth-order valence-corrected chi connectivity index (χ4v) is 5.80. The molecule has 0 aliphatic heterocycles. The minimum atomic E-state index is -0.425. The van der Waals surface area contributed by atoms with Gasteiger partial charge in [0.1, 0.15) is 0 Å². The number of hydrogen-bond donors (Lipinski definition) is 0. The molecule has 0 N–H and O–H groups in total. The van der Waals surface area contributed by atoms with Gasteiger partial charge in [0.05, 0.1) is 0 Å². The van der Waals surface area contributed by atoms with Crippen LogP contribution >= 0.6 is 7.92 Å². The molecular formula is C21H17P. The van der Waals surface area contributed by atoms with E-state index in [0.29, 0.717) is 5.66 Å². The maximum Gasteiger partial charge on any atom is 0.0311 e. The summed E-state index contributed by atoms with van der Waals surface area (Å²) in [7, 11) is -0.425. The first-order valence-corrected chi connectivity index (χ1v) is 9.01. The Kier molecular flexibility index (Phi) is 3.62. The van der Waals surface area contributed by atoms with Gasteiger partial charge >= 0.3 is 0 Å². The Hall–Kier alpha value is -2.17. The number of hydrogen-bond acceptors (Lipinski definition) is 0. The quantitative estimate of drug-likeness (QED) is 0.604. The maximum atomic E-state index is 2.39. The van der Waals surface area contributed by atoms with Crippen LogP contribution in [0, 0.1) is 0 Å². The number of allylic oxidation sites excluding steroid dienone is 1. The second-order valence-electron chi connectivity index (χ2n) is 5.47. The van der Waals surface area contributed by atoms with Crippen LogP contribution in [0.4, 0.5) is 0 Å². The molecule has 1 aliphatic rings. The maximum absolute atomic E-state index is 2.39. The number of rotatable bonds is 3. The molecule has 4 rings (SSSR count). The lowest BCUT2D eigenvalue weighted by Gasteiger charge is -2.25. The summed E-state index contributed by atoms with van der Waals surface area (Å²) >= 11 is 0. The molecular weight excluding hydrogens is 283 g/mol. The molecule has 3 aromatic carbocycles. The Labute approximate surface area is 132 Å². The molecule has 1 heteroatoms. The van der Waals surface area contributed by atoms with Crippen LogP contribution in [0.1, 0.15) is 16.8 Å². The SMILES string of the molecule is C1=C[C@@H](P(c2ccccc2)c2ccccc2)c2ccccc21. The van der Waals surface area contributed by atoms with E-state index in [1.165, 1.54) is 21.7 Å². The largest absolute Gasteiger partial charge is 0.0715 e. The molecule has 0 saturated heterocycles. The molecule has 0 unspecified atom stereocenters. The van der Waals surface area contributed by atoms with Crippen LogP contribution in [-0.4, -0.2) is 0 Å². The Morgan fingerprint density at radius 2 is 1.14 bits per heavy atom. The van der Waals surface area contributed by atoms with Gasteiger partial charge in [-0.2, -0.15) is 0 Å². The van der Waals surface area contributed by atoms with Gasteiger partial charge in [0.15, 0.2) is 0 Å². The fraction of sp³-hybridized carbons (Fsp3) is 0.0476. The van der Waals surface area contributed by atoms with E-state index in [1.54, 1.807) is 0 Å². The minimum absolute atomic E-state index is 0.425. The Bertz CT molecular complexity index is 751. The Balaban J connectivity index is 1.85. The normalized spacial score (nSPS) is 16.0. The Morgan fingerprint density at radius 3 is 1.77 bits per heavy atom. The van der Waals surface area contributed by atoms with Gasteiger partial charge < -0.3 is 0 Å². The van der Waals surface area contributed by atoms with Crippen LogP contribution in [0.3, 0.4) is 0 Å². The highest BCUT2D eigenvalue weighted by Gasteiger charge is 2.27. The summed E-state index contributed by atoms with van der Waals surface area (Å²) in [6.07, 6.45) is 4.66. The van der Waals surface area contributed by atoms with Crippen molar-refractivity contribution in [1.82, 2.24) is 0 Å². The van der Waals surface area contributed by atoms with Crippen LogP contribution in [0.25, 0.3) is 6.08 Å². The second-order valence-corrected chi connectivity index (χ2v) is 7.80. The lowest BCUT2D eigenvalue weighted by Crippen LogP contribution is -2.15. The van der Waals surface area contributed by atoms with Crippen molar-refractivity contribution < 1.29 is 0 Å². The van der Waals surface area contributed by atoms with Crippen molar-refractivity contribution in [1.29, 1.82) is 0 Å². The van der Waals surface area contributed by atoms with E-state index in [4.69, 9.17) is 0 Å². The van der Waals surface area contributed by atoms with E-state index in [9.17, 15) is 0 Å². The van der Waals surface area contributed by atoms with E-state index in [1.807, 2.05) is 0 Å². The van der Waals surface area contributed by atoms with Crippen molar-refractivity contribution in [2.75, 3.05) is 0 Å². The van der Waals surface area contributed by atoms with Crippen LogP contribution in [0.2, 0.25) is 0 Å². The van der Waals surface area contributed by atoms with E-state index in [2.05, 4.69) is 97.1 Å². The predicted molar refractivity (Wildman–Crippen MR) is 97.3 cm³/mol. The summed E-state index contributed by atoms with van der Waals surface area (Å²) in [6.45, 7) is 0. The van der Waals surface area contributed by atoms with E-state index >= 15 is 0 Å². The molecule has 0 radical (unpaired) electrons. The lowest BCUT2D eigenvalue weighted by atomic mass is 10.1. The van der Waals surface area contributed by atoms with E-state index in [0.717, 1.165) is 0 Å². The van der Waals surface area contributed by atoms with E-state index < -0.39 is 7.92 Å². The average Bonchev–Trinajstić information content (AvgIpc) is 3.01. The smallest absolute Gasteiger partial charge is 0.0311 e. The van der Waals surface area contributed by atoms with Gasteiger partial charge in [-0.1, -0.05) is 97.1 Å². The van der Waals surface area contributed by atoms with Gasteiger partial charge in [-0.3, -0.25) is 0 Å². The van der Waals surface area contributed by atoms with Gasteiger partial charge in [0.25, 0.3) is 0 Å². The molecule has 1 aliphatic carbocycles. The highest BCUT2D eigenvalue weighted by molar-refractivity contribution is 7.73. The molecule has 0 saturated carbocycles. The van der Waals surface area contributed by atoms with Crippen molar-refractivity contribution in [2.45, 2.75) is 5.66 Å². The van der Waals surface area contributed by atoms with Gasteiger partial charge in [0, 0.05) is 5.66 Å². The molecule has 3 aromatic rings. The monoisotopic (exact) mass is 300 g/mol. The Morgan fingerprint density at radius 1 is 0.591 bits per heavy atom. The van der Waals surface area contributed by atoms with Gasteiger partial charge in [-0.25, -0.2) is 0 Å². The van der Waals surface area contributed by atoms with Crippen LogP contribution < -0.4 is 10.6 Å². The van der Waals surface area contributed by atoms with Crippen molar-refractivity contribution in [3.8, 4) is 0 Å². The highest BCUT2D eigenvalue weighted by Crippen LogP contribution is 2.53. The lowest BCUT2D eigenvalue weighted by molar-refractivity contribution is 1.25. The minimum Gasteiger partial charge on any atom is -0.0715 e. The fourth-order valence-electron chi connectivity index (χ4n) is 3.10. The molecule has 106 valence electrons. The summed E-state index contributed by atoms with van der Waals surface area (Å²) in [5.41, 5.74) is 3.30. The summed E-state index contributed by atoms with van der Waals surface area (Å²) in [6, 6.07) is 30.7. The van der Waals surface area contributed by atoms with Crippen LogP contribution in [0.5, 0.6) is 0 Å². The van der Waals surface area contributed by atoms with Crippen LogP contribution in [0.15, 0.2) is 91.0 Å². The van der Waals surface area contributed by atoms with Crippen molar-refractivity contribution >= 4 is 24.6 Å². The molecule has 0 fully saturated rings. The zero-order chi connectivity index (χ0) is 14.8. The molecule has 0 nitrogen and oxygen atoms in total. The first-order chi connectivity index (χ1) is 10.9. The molecule has 0 aromatic heterocycles. The second kappa shape index (κ2) is 5.91. The third kappa shape index (κ3) is 2.40. The van der Waals surface area contributed by atoms with Crippen molar-refractivity contribution in [3.05, 3.63) is 102 Å². The van der Waals surface area contributed by atoms with Gasteiger partial charge in [-0.05, 0) is 29.7 Å². The molecule has 1 atom stereocenters. The first kappa shape index (κ1) is 13.5. The van der Waals surface area contributed by atoms with Gasteiger partial charge in [-0.15, -0.1) is 0 Å². The number of fused-ring (bicyclic) bond motifs is 1. The summed E-state index contributed by atoms with van der Waals surface area (Å²) in [5.74, 6) is 0.